The van der Waals surface area contributed by atoms with Gasteiger partial charge in [0.2, 0.25) is 5.91 Å². The number of ether oxygens (including phenoxy) is 1. The van der Waals surface area contributed by atoms with Gasteiger partial charge in [-0.2, -0.15) is 0 Å². The Morgan fingerprint density at radius 1 is 0.483 bits per heavy atom. The van der Waals surface area contributed by atoms with Crippen LogP contribution in [0.1, 0.15) is 284 Å². The van der Waals surface area contributed by atoms with Gasteiger partial charge in [0.1, 0.15) is 6.10 Å². The van der Waals surface area contributed by atoms with Crippen LogP contribution >= 0.6 is 0 Å². The number of aliphatic hydroxyl groups excluding tert-OH is 2. The minimum Gasteiger partial charge on any atom is -0.462 e. The molecule has 0 aliphatic heterocycles. The fourth-order valence-electron chi connectivity index (χ4n) is 8.23. The first-order chi connectivity index (χ1) is 29.5. The van der Waals surface area contributed by atoms with Gasteiger partial charge in [0.05, 0.1) is 25.2 Å². The standard InChI is InChI=1S/C54H103NO5/c1-4-7-10-13-16-19-22-24-26-28-30-32-35-38-41-44-47-54(59)60-50(45-42-39-36-33-31-29-27-25-23-20-17-14-11-8-5-2)48-53(58)55-51(49-56)52(57)46-43-40-37-34-21-18-15-12-9-6-3/h17,20,25,27,50-52,56-57H,4-16,18-19,21-24,26,28-49H2,1-3H3,(H,55,58)/b20-17-,27-25-. The number of allylic oxidation sites excluding steroid dienone is 4. The van der Waals surface area contributed by atoms with Crippen LogP contribution in [0.25, 0.3) is 0 Å². The Morgan fingerprint density at radius 2 is 0.850 bits per heavy atom. The third-order valence-corrected chi connectivity index (χ3v) is 12.3. The Labute approximate surface area is 373 Å². The molecular formula is C54H103NO5. The molecule has 0 aliphatic rings. The number of unbranched alkanes of at least 4 members (excludes halogenated alkanes) is 32. The molecule has 3 atom stereocenters. The lowest BCUT2D eigenvalue weighted by Gasteiger charge is -2.24. The molecule has 0 bridgehead atoms. The minimum atomic E-state index is -0.786. The molecule has 0 saturated heterocycles. The zero-order valence-corrected chi connectivity index (χ0v) is 40.4. The van der Waals surface area contributed by atoms with Gasteiger partial charge in [-0.1, -0.05) is 238 Å². The number of amides is 1. The van der Waals surface area contributed by atoms with Crippen molar-refractivity contribution in [3.63, 3.8) is 0 Å². The van der Waals surface area contributed by atoms with Gasteiger partial charge in [-0.15, -0.1) is 0 Å². The first-order valence-corrected chi connectivity index (χ1v) is 26.6. The van der Waals surface area contributed by atoms with E-state index in [1.54, 1.807) is 0 Å². The third-order valence-electron chi connectivity index (χ3n) is 12.3. The molecule has 1 amide bonds. The normalized spacial score (nSPS) is 13.3. The lowest BCUT2D eigenvalue weighted by molar-refractivity contribution is -0.151. The zero-order chi connectivity index (χ0) is 43.8. The van der Waals surface area contributed by atoms with Crippen LogP contribution in [0, 0.1) is 0 Å². The van der Waals surface area contributed by atoms with E-state index in [1.807, 2.05) is 0 Å². The maximum Gasteiger partial charge on any atom is 0.306 e. The monoisotopic (exact) mass is 846 g/mol. The molecule has 354 valence electrons. The van der Waals surface area contributed by atoms with Crippen molar-refractivity contribution in [2.24, 2.45) is 0 Å². The molecule has 0 aliphatic carbocycles. The molecule has 6 nitrogen and oxygen atoms in total. The zero-order valence-electron chi connectivity index (χ0n) is 40.4. The molecule has 0 radical (unpaired) electrons. The van der Waals surface area contributed by atoms with E-state index in [1.165, 1.54) is 167 Å². The van der Waals surface area contributed by atoms with Crippen LogP contribution in [0.15, 0.2) is 24.3 Å². The van der Waals surface area contributed by atoms with Crippen molar-refractivity contribution >= 4 is 11.9 Å². The van der Waals surface area contributed by atoms with Crippen LogP contribution in [0.4, 0.5) is 0 Å². The summed E-state index contributed by atoms with van der Waals surface area (Å²) in [6.45, 7) is 6.46. The molecule has 0 aromatic heterocycles. The summed E-state index contributed by atoms with van der Waals surface area (Å²) >= 11 is 0. The average Bonchev–Trinajstić information content (AvgIpc) is 3.24. The van der Waals surface area contributed by atoms with Crippen LogP contribution in [0.2, 0.25) is 0 Å². The van der Waals surface area contributed by atoms with Crippen molar-refractivity contribution in [2.75, 3.05) is 6.61 Å². The summed E-state index contributed by atoms with van der Waals surface area (Å²) in [5.41, 5.74) is 0. The highest BCUT2D eigenvalue weighted by Gasteiger charge is 2.24. The van der Waals surface area contributed by atoms with E-state index < -0.39 is 18.2 Å². The molecule has 60 heavy (non-hydrogen) atoms. The first kappa shape index (κ1) is 58.3. The largest absolute Gasteiger partial charge is 0.462 e. The molecule has 3 unspecified atom stereocenters. The maximum absolute atomic E-state index is 13.2. The Kier molecular flexibility index (Phi) is 47.0. The Hall–Kier alpha value is -1.66. The minimum absolute atomic E-state index is 0.0734. The van der Waals surface area contributed by atoms with Crippen molar-refractivity contribution < 1.29 is 24.5 Å². The molecule has 0 heterocycles. The quantitative estimate of drug-likeness (QED) is 0.0322. The molecule has 0 aromatic rings. The third kappa shape index (κ3) is 43.0. The summed E-state index contributed by atoms with van der Waals surface area (Å²) in [5.74, 6) is -0.473. The second-order valence-electron chi connectivity index (χ2n) is 18.3. The van der Waals surface area contributed by atoms with Crippen LogP contribution in [-0.4, -0.2) is 46.9 Å². The first-order valence-electron chi connectivity index (χ1n) is 26.6. The highest BCUT2D eigenvalue weighted by molar-refractivity contribution is 5.77. The predicted octanol–water partition coefficient (Wildman–Crippen LogP) is 15.9. The molecule has 0 saturated carbocycles. The van der Waals surface area contributed by atoms with Crippen molar-refractivity contribution in [1.82, 2.24) is 5.32 Å². The van der Waals surface area contributed by atoms with Gasteiger partial charge in [-0.05, 0) is 57.8 Å². The maximum atomic E-state index is 13.2. The molecule has 6 heteroatoms. The lowest BCUT2D eigenvalue weighted by atomic mass is 10.0. The van der Waals surface area contributed by atoms with Crippen LogP contribution in [0.3, 0.4) is 0 Å². The molecule has 0 fully saturated rings. The smallest absolute Gasteiger partial charge is 0.306 e. The molecule has 3 N–H and O–H groups in total. The van der Waals surface area contributed by atoms with E-state index in [2.05, 4.69) is 50.4 Å². The fourth-order valence-corrected chi connectivity index (χ4v) is 8.23. The highest BCUT2D eigenvalue weighted by Crippen LogP contribution is 2.18. The Balaban J connectivity index is 4.56. The topological polar surface area (TPSA) is 95.9 Å². The van der Waals surface area contributed by atoms with E-state index in [-0.39, 0.29) is 24.9 Å². The summed E-state index contributed by atoms with van der Waals surface area (Å²) in [7, 11) is 0. The van der Waals surface area contributed by atoms with Crippen LogP contribution < -0.4 is 5.32 Å². The number of rotatable bonds is 48. The summed E-state index contributed by atoms with van der Waals surface area (Å²) in [5, 5.41) is 23.7. The molecular weight excluding hydrogens is 743 g/mol. The van der Waals surface area contributed by atoms with E-state index in [4.69, 9.17) is 4.74 Å². The van der Waals surface area contributed by atoms with Gasteiger partial charge in [0, 0.05) is 6.42 Å². The predicted molar refractivity (Wildman–Crippen MR) is 260 cm³/mol. The Bertz CT molecular complexity index is 950. The van der Waals surface area contributed by atoms with Gasteiger partial charge in [-0.25, -0.2) is 0 Å². The van der Waals surface area contributed by atoms with Gasteiger partial charge >= 0.3 is 5.97 Å². The van der Waals surface area contributed by atoms with E-state index in [9.17, 15) is 19.8 Å². The number of carbonyl (C=O) groups excluding carboxylic acids is 2. The molecule has 0 rings (SSSR count). The highest BCUT2D eigenvalue weighted by atomic mass is 16.5. The number of nitrogens with one attached hydrogen (secondary N) is 1. The van der Waals surface area contributed by atoms with Crippen molar-refractivity contribution in [2.45, 2.75) is 302 Å². The number of esters is 1. The van der Waals surface area contributed by atoms with Gasteiger partial charge < -0.3 is 20.3 Å². The molecule has 0 spiro atoms. The number of hydrogen-bond donors (Lipinski definition) is 3. The summed E-state index contributed by atoms with van der Waals surface area (Å²) < 4.78 is 5.94. The van der Waals surface area contributed by atoms with Crippen LogP contribution in [-0.2, 0) is 14.3 Å². The number of carbonyl (C=O) groups is 2. The number of hydrogen-bond acceptors (Lipinski definition) is 5. The van der Waals surface area contributed by atoms with E-state index in [0.717, 1.165) is 70.6 Å². The number of aliphatic hydroxyl groups is 2. The second kappa shape index (κ2) is 48.4. The van der Waals surface area contributed by atoms with Gasteiger partial charge in [-0.3, -0.25) is 9.59 Å². The summed E-state index contributed by atoms with van der Waals surface area (Å²) in [6.07, 6.45) is 55.2. The van der Waals surface area contributed by atoms with Crippen molar-refractivity contribution in [3.8, 4) is 0 Å². The lowest BCUT2D eigenvalue weighted by Crippen LogP contribution is -2.46. The van der Waals surface area contributed by atoms with Crippen LogP contribution in [0.5, 0.6) is 0 Å². The summed E-state index contributed by atoms with van der Waals surface area (Å²) in [6, 6.07) is -0.701. The van der Waals surface area contributed by atoms with Crippen molar-refractivity contribution in [3.05, 3.63) is 24.3 Å². The average molecular weight is 846 g/mol. The van der Waals surface area contributed by atoms with Crippen molar-refractivity contribution in [1.29, 1.82) is 0 Å². The SMILES string of the molecule is CCCCC/C=C\C/C=C\CCCCCCCC(CC(=O)NC(CO)C(O)CCCCCCCCCCCC)OC(=O)CCCCCCCCCCCCCCCCCC. The van der Waals surface area contributed by atoms with E-state index in [0.29, 0.717) is 19.3 Å². The van der Waals surface area contributed by atoms with E-state index >= 15 is 0 Å². The second-order valence-corrected chi connectivity index (χ2v) is 18.3. The molecule has 0 aromatic carbocycles. The van der Waals surface area contributed by atoms with Gasteiger partial charge in [0.15, 0.2) is 0 Å². The Morgan fingerprint density at radius 3 is 1.30 bits per heavy atom. The van der Waals surface area contributed by atoms with Gasteiger partial charge in [0.25, 0.3) is 0 Å². The summed E-state index contributed by atoms with van der Waals surface area (Å²) in [4.78, 5) is 26.2. The fraction of sp³-hybridized carbons (Fsp3) is 0.889.